The van der Waals surface area contributed by atoms with E-state index in [1.54, 1.807) is 12.1 Å². The lowest BCUT2D eigenvalue weighted by Crippen LogP contribution is -2.37. The first-order valence-electron chi connectivity index (χ1n) is 6.17. The second kappa shape index (κ2) is 8.88. The number of rotatable bonds is 6. The zero-order chi connectivity index (χ0) is 13.5. The predicted octanol–water partition coefficient (Wildman–Crippen LogP) is 2.71. The molecule has 0 aliphatic heterocycles. The van der Waals surface area contributed by atoms with Crippen molar-refractivity contribution in [3.63, 3.8) is 0 Å². The third kappa shape index (κ3) is 6.55. The van der Waals surface area contributed by atoms with Crippen LogP contribution in [0.3, 0.4) is 0 Å². The zero-order valence-corrected chi connectivity index (χ0v) is 12.1. The number of halogens is 2. The maximum atomic E-state index is 12.7. The van der Waals surface area contributed by atoms with E-state index in [-0.39, 0.29) is 30.1 Å². The summed E-state index contributed by atoms with van der Waals surface area (Å²) in [5.74, 6) is -0.521. The van der Waals surface area contributed by atoms with Gasteiger partial charge in [0.2, 0.25) is 0 Å². The summed E-state index contributed by atoms with van der Waals surface area (Å²) in [6.45, 7) is 4.10. The maximum absolute atomic E-state index is 12.7. The van der Waals surface area contributed by atoms with Crippen molar-refractivity contribution in [2.24, 2.45) is 11.7 Å². The van der Waals surface area contributed by atoms with Crippen molar-refractivity contribution in [1.82, 2.24) is 0 Å². The van der Waals surface area contributed by atoms with Gasteiger partial charge < -0.3 is 10.5 Å². The lowest BCUT2D eigenvalue weighted by Gasteiger charge is -2.14. The Morgan fingerprint density at radius 1 is 1.32 bits per heavy atom. The summed E-state index contributed by atoms with van der Waals surface area (Å²) in [6.07, 6.45) is 1.46. The Morgan fingerprint density at radius 3 is 2.42 bits per heavy atom. The van der Waals surface area contributed by atoms with Crippen LogP contribution in [0.15, 0.2) is 24.3 Å². The predicted molar refractivity (Wildman–Crippen MR) is 75.7 cm³/mol. The van der Waals surface area contributed by atoms with Crippen molar-refractivity contribution in [1.29, 1.82) is 0 Å². The van der Waals surface area contributed by atoms with Crippen LogP contribution in [-0.2, 0) is 16.0 Å². The fourth-order valence-corrected chi connectivity index (χ4v) is 1.47. The summed E-state index contributed by atoms with van der Waals surface area (Å²) in [5.41, 5.74) is 6.68. The number of hydrogen-bond donors (Lipinski definition) is 1. The first kappa shape index (κ1) is 17.9. The van der Waals surface area contributed by atoms with Crippen LogP contribution < -0.4 is 5.73 Å². The minimum atomic E-state index is -0.559. The molecule has 0 radical (unpaired) electrons. The zero-order valence-electron chi connectivity index (χ0n) is 11.3. The Balaban J connectivity index is 0.00000324. The van der Waals surface area contributed by atoms with Crippen molar-refractivity contribution in [2.45, 2.75) is 32.7 Å². The van der Waals surface area contributed by atoms with Crippen LogP contribution in [-0.4, -0.2) is 18.6 Å². The van der Waals surface area contributed by atoms with E-state index in [2.05, 4.69) is 0 Å². The van der Waals surface area contributed by atoms with E-state index in [9.17, 15) is 9.18 Å². The van der Waals surface area contributed by atoms with Crippen LogP contribution in [0.25, 0.3) is 0 Å². The third-order valence-corrected chi connectivity index (χ3v) is 2.76. The van der Waals surface area contributed by atoms with Crippen molar-refractivity contribution >= 4 is 18.4 Å². The fourth-order valence-electron chi connectivity index (χ4n) is 1.47. The number of esters is 1. The minimum absolute atomic E-state index is 0. The Hall–Kier alpha value is -1.13. The van der Waals surface area contributed by atoms with E-state index in [1.165, 1.54) is 12.1 Å². The highest BCUT2D eigenvalue weighted by atomic mass is 35.5. The van der Waals surface area contributed by atoms with Gasteiger partial charge in [-0.3, -0.25) is 4.79 Å². The molecule has 0 unspecified atom stereocenters. The first-order chi connectivity index (χ1) is 8.50. The van der Waals surface area contributed by atoms with E-state index in [1.807, 2.05) is 13.8 Å². The van der Waals surface area contributed by atoms with Gasteiger partial charge in [0, 0.05) is 0 Å². The molecular formula is C14H21ClFNO2. The molecule has 1 atom stereocenters. The quantitative estimate of drug-likeness (QED) is 0.647. The molecule has 0 bridgehead atoms. The number of nitrogens with two attached hydrogens (primary N) is 1. The molecule has 0 fully saturated rings. The van der Waals surface area contributed by atoms with Crippen LogP contribution >= 0.6 is 12.4 Å². The van der Waals surface area contributed by atoms with Crippen molar-refractivity contribution < 1.29 is 13.9 Å². The fraction of sp³-hybridized carbons (Fsp3) is 0.500. The smallest absolute Gasteiger partial charge is 0.323 e. The van der Waals surface area contributed by atoms with Crippen LogP contribution in [0.2, 0.25) is 0 Å². The third-order valence-electron chi connectivity index (χ3n) is 2.76. The second-order valence-corrected chi connectivity index (χ2v) is 4.67. The van der Waals surface area contributed by atoms with E-state index >= 15 is 0 Å². The van der Waals surface area contributed by atoms with Gasteiger partial charge in [-0.2, -0.15) is 0 Å². The molecule has 1 aromatic rings. The highest BCUT2D eigenvalue weighted by molar-refractivity contribution is 5.85. The molecule has 19 heavy (non-hydrogen) atoms. The summed E-state index contributed by atoms with van der Waals surface area (Å²) in [4.78, 5) is 11.4. The second-order valence-electron chi connectivity index (χ2n) is 4.67. The molecule has 0 amide bonds. The van der Waals surface area contributed by atoms with Crippen molar-refractivity contribution in [2.75, 3.05) is 6.61 Å². The van der Waals surface area contributed by atoms with Gasteiger partial charge in [-0.25, -0.2) is 4.39 Å². The normalized spacial score (nSPS) is 11.8. The number of aryl methyl sites for hydroxylation is 1. The minimum Gasteiger partial charge on any atom is -0.465 e. The first-order valence-corrected chi connectivity index (χ1v) is 6.17. The van der Waals surface area contributed by atoms with Gasteiger partial charge in [-0.05, 0) is 36.5 Å². The number of benzene rings is 1. The van der Waals surface area contributed by atoms with Gasteiger partial charge in [0.15, 0.2) is 0 Å². The van der Waals surface area contributed by atoms with Crippen LogP contribution in [0, 0.1) is 11.7 Å². The van der Waals surface area contributed by atoms with E-state index in [0.717, 1.165) is 12.0 Å². The SMILES string of the molecule is CC(C)[C@H](N)C(=O)OCCCc1ccc(F)cc1.Cl. The van der Waals surface area contributed by atoms with Crippen LogP contribution in [0.4, 0.5) is 4.39 Å². The summed E-state index contributed by atoms with van der Waals surface area (Å²) >= 11 is 0. The summed E-state index contributed by atoms with van der Waals surface area (Å²) in [7, 11) is 0. The van der Waals surface area contributed by atoms with Gasteiger partial charge in [-0.1, -0.05) is 26.0 Å². The molecule has 0 aliphatic rings. The number of ether oxygens (including phenoxy) is 1. The molecule has 5 heteroatoms. The molecule has 0 aliphatic carbocycles. The molecule has 0 saturated carbocycles. The molecule has 0 spiro atoms. The molecular weight excluding hydrogens is 269 g/mol. The van der Waals surface area contributed by atoms with Gasteiger partial charge >= 0.3 is 5.97 Å². The van der Waals surface area contributed by atoms with Crippen molar-refractivity contribution in [3.05, 3.63) is 35.6 Å². The van der Waals surface area contributed by atoms with E-state index < -0.39 is 6.04 Å². The van der Waals surface area contributed by atoms with E-state index in [4.69, 9.17) is 10.5 Å². The lowest BCUT2D eigenvalue weighted by atomic mass is 10.1. The van der Waals surface area contributed by atoms with E-state index in [0.29, 0.717) is 13.0 Å². The van der Waals surface area contributed by atoms with Gasteiger partial charge in [0.1, 0.15) is 11.9 Å². The maximum Gasteiger partial charge on any atom is 0.323 e. The highest BCUT2D eigenvalue weighted by Crippen LogP contribution is 2.06. The summed E-state index contributed by atoms with van der Waals surface area (Å²) in [6, 6.07) is 5.76. The number of hydrogen-bond acceptors (Lipinski definition) is 3. The monoisotopic (exact) mass is 289 g/mol. The van der Waals surface area contributed by atoms with Crippen molar-refractivity contribution in [3.8, 4) is 0 Å². The summed E-state index contributed by atoms with van der Waals surface area (Å²) in [5, 5.41) is 0. The van der Waals surface area contributed by atoms with Crippen LogP contribution in [0.1, 0.15) is 25.8 Å². The molecule has 3 nitrogen and oxygen atoms in total. The van der Waals surface area contributed by atoms with Gasteiger partial charge in [-0.15, -0.1) is 12.4 Å². The number of carbonyl (C=O) groups excluding carboxylic acids is 1. The molecule has 1 aromatic carbocycles. The molecule has 0 aromatic heterocycles. The molecule has 1 rings (SSSR count). The molecule has 2 N–H and O–H groups in total. The average molecular weight is 290 g/mol. The molecule has 0 saturated heterocycles. The Morgan fingerprint density at radius 2 is 1.89 bits per heavy atom. The van der Waals surface area contributed by atoms with Gasteiger partial charge in [0.05, 0.1) is 6.61 Å². The average Bonchev–Trinajstić information content (AvgIpc) is 2.35. The Kier molecular flexibility index (Phi) is 8.35. The largest absolute Gasteiger partial charge is 0.465 e. The Bertz CT molecular complexity index is 382. The number of carbonyl (C=O) groups is 1. The standard InChI is InChI=1S/C14H20FNO2.ClH/c1-10(2)13(16)14(17)18-9-3-4-11-5-7-12(15)8-6-11;/h5-8,10,13H,3-4,9,16H2,1-2H3;1H/t13-;/m0./s1. The Labute approximate surface area is 119 Å². The van der Waals surface area contributed by atoms with Gasteiger partial charge in [0.25, 0.3) is 0 Å². The van der Waals surface area contributed by atoms with Crippen LogP contribution in [0.5, 0.6) is 0 Å². The molecule has 108 valence electrons. The summed E-state index contributed by atoms with van der Waals surface area (Å²) < 4.78 is 17.7. The lowest BCUT2D eigenvalue weighted by molar-refractivity contribution is -0.146. The molecule has 0 heterocycles. The highest BCUT2D eigenvalue weighted by Gasteiger charge is 2.18. The topological polar surface area (TPSA) is 52.3 Å².